The molecule has 1 heterocycles. The molecule has 1 aromatic heterocycles. The van der Waals surface area contributed by atoms with E-state index in [1.54, 1.807) is 0 Å². The zero-order valence-corrected chi connectivity index (χ0v) is 14.4. The molecule has 112 valence electrons. The van der Waals surface area contributed by atoms with Gasteiger partial charge in [0.2, 0.25) is 0 Å². The molecule has 0 saturated heterocycles. The normalized spacial score (nSPS) is 10.5. The third kappa shape index (κ3) is 4.17. The molecule has 4 nitrogen and oxygen atoms in total. The molecule has 1 N–H and O–H groups in total. The van der Waals surface area contributed by atoms with Gasteiger partial charge < -0.3 is 10.1 Å². The van der Waals surface area contributed by atoms with Crippen LogP contribution in [0.25, 0.3) is 0 Å². The Kier molecular flexibility index (Phi) is 5.17. The van der Waals surface area contributed by atoms with Crippen LogP contribution >= 0.6 is 15.9 Å². The third-order valence-corrected chi connectivity index (χ3v) is 4.29. The van der Waals surface area contributed by atoms with E-state index in [4.69, 9.17) is 4.74 Å². The van der Waals surface area contributed by atoms with Crippen LogP contribution in [0.1, 0.15) is 29.6 Å². The Bertz CT molecular complexity index is 620. The summed E-state index contributed by atoms with van der Waals surface area (Å²) in [6.45, 7) is 9.30. The summed E-state index contributed by atoms with van der Waals surface area (Å²) in [5.74, 6) is 2.36. The van der Waals surface area contributed by atoms with Crippen LogP contribution in [0.15, 0.2) is 22.7 Å². The maximum atomic E-state index is 5.82. The van der Waals surface area contributed by atoms with Crippen molar-refractivity contribution in [2.45, 2.75) is 34.3 Å². The van der Waals surface area contributed by atoms with Gasteiger partial charge in [0, 0.05) is 22.8 Å². The summed E-state index contributed by atoms with van der Waals surface area (Å²) in [6, 6.07) is 5.96. The second-order valence-electron chi connectivity index (χ2n) is 5.00. The lowest BCUT2D eigenvalue weighted by Crippen LogP contribution is -2.07. The van der Waals surface area contributed by atoms with Crippen molar-refractivity contribution in [3.63, 3.8) is 0 Å². The van der Waals surface area contributed by atoms with Crippen molar-refractivity contribution in [3.05, 3.63) is 45.3 Å². The van der Waals surface area contributed by atoms with Crippen molar-refractivity contribution in [3.8, 4) is 5.75 Å². The van der Waals surface area contributed by atoms with Crippen LogP contribution < -0.4 is 10.1 Å². The molecular weight excluding hydrogens is 330 g/mol. The van der Waals surface area contributed by atoms with Gasteiger partial charge in [-0.2, -0.15) is 0 Å². The second kappa shape index (κ2) is 6.89. The average Bonchev–Trinajstić information content (AvgIpc) is 2.42. The van der Waals surface area contributed by atoms with Crippen molar-refractivity contribution in [1.82, 2.24) is 9.97 Å². The van der Waals surface area contributed by atoms with Crippen LogP contribution in [0.5, 0.6) is 5.75 Å². The summed E-state index contributed by atoms with van der Waals surface area (Å²) in [4.78, 5) is 8.85. The number of rotatable bonds is 5. The summed E-state index contributed by atoms with van der Waals surface area (Å²) in [5.41, 5.74) is 3.25. The lowest BCUT2D eigenvalue weighted by atomic mass is 10.1. The highest BCUT2D eigenvalue weighted by Crippen LogP contribution is 2.26. The predicted octanol–water partition coefficient (Wildman–Crippen LogP) is 4.18. The highest BCUT2D eigenvalue weighted by Gasteiger charge is 2.06. The molecule has 2 aromatic rings. The van der Waals surface area contributed by atoms with Gasteiger partial charge >= 0.3 is 0 Å². The fourth-order valence-corrected chi connectivity index (χ4v) is 2.33. The predicted molar refractivity (Wildman–Crippen MR) is 88.9 cm³/mol. The van der Waals surface area contributed by atoms with Crippen LogP contribution in [-0.2, 0) is 6.61 Å². The largest absolute Gasteiger partial charge is 0.486 e. The molecule has 0 bridgehead atoms. The number of halogens is 1. The van der Waals surface area contributed by atoms with Crippen molar-refractivity contribution >= 4 is 21.7 Å². The van der Waals surface area contributed by atoms with Crippen molar-refractivity contribution < 1.29 is 4.74 Å². The molecule has 0 aliphatic rings. The first-order valence-electron chi connectivity index (χ1n) is 6.97. The highest BCUT2D eigenvalue weighted by molar-refractivity contribution is 9.10. The molecule has 21 heavy (non-hydrogen) atoms. The first-order valence-corrected chi connectivity index (χ1v) is 7.77. The maximum Gasteiger partial charge on any atom is 0.168 e. The maximum absolute atomic E-state index is 5.82. The number of anilines is 1. The molecule has 0 aliphatic carbocycles. The van der Waals surface area contributed by atoms with Gasteiger partial charge in [-0.3, -0.25) is 0 Å². The Morgan fingerprint density at radius 1 is 1.10 bits per heavy atom. The molecule has 0 atom stereocenters. The minimum absolute atomic E-state index is 0.362. The lowest BCUT2D eigenvalue weighted by Gasteiger charge is -2.11. The molecule has 2 rings (SSSR count). The molecular formula is C16H20BrN3O. The van der Waals surface area contributed by atoms with Crippen LogP contribution in [0.3, 0.4) is 0 Å². The first kappa shape index (κ1) is 15.8. The fraction of sp³-hybridized carbons (Fsp3) is 0.375. The number of nitrogens with one attached hydrogen (secondary N) is 1. The highest BCUT2D eigenvalue weighted by atomic mass is 79.9. The third-order valence-electron chi connectivity index (χ3n) is 3.04. The van der Waals surface area contributed by atoms with Gasteiger partial charge in [-0.05, 0) is 51.0 Å². The van der Waals surface area contributed by atoms with E-state index in [0.717, 1.165) is 39.4 Å². The number of ether oxygens (including phenoxy) is 1. The van der Waals surface area contributed by atoms with Crippen molar-refractivity contribution in [2.75, 3.05) is 11.9 Å². The van der Waals surface area contributed by atoms with Crippen LogP contribution in [-0.4, -0.2) is 16.5 Å². The van der Waals surface area contributed by atoms with E-state index >= 15 is 0 Å². The first-order chi connectivity index (χ1) is 9.99. The van der Waals surface area contributed by atoms with Gasteiger partial charge in [0.05, 0.1) is 0 Å². The van der Waals surface area contributed by atoms with Gasteiger partial charge in [-0.1, -0.05) is 15.9 Å². The molecule has 0 unspecified atom stereocenters. The number of hydrogen-bond donors (Lipinski definition) is 1. The van der Waals surface area contributed by atoms with Gasteiger partial charge in [0.25, 0.3) is 0 Å². The molecule has 0 spiro atoms. The molecule has 1 aromatic carbocycles. The molecule has 0 radical (unpaired) electrons. The number of nitrogens with zero attached hydrogens (tertiary/aromatic N) is 2. The topological polar surface area (TPSA) is 47.0 Å². The quantitative estimate of drug-likeness (QED) is 0.879. The van der Waals surface area contributed by atoms with E-state index in [1.807, 2.05) is 32.0 Å². The number of aromatic nitrogens is 2. The number of benzene rings is 1. The van der Waals surface area contributed by atoms with Crippen LogP contribution in [0.2, 0.25) is 0 Å². The van der Waals surface area contributed by atoms with E-state index in [1.165, 1.54) is 0 Å². The zero-order valence-electron chi connectivity index (χ0n) is 12.8. The second-order valence-corrected chi connectivity index (χ2v) is 5.79. The van der Waals surface area contributed by atoms with E-state index in [-0.39, 0.29) is 0 Å². The van der Waals surface area contributed by atoms with E-state index < -0.39 is 0 Å². The Hall–Kier alpha value is -1.62. The fourth-order valence-electron chi connectivity index (χ4n) is 2.10. The lowest BCUT2D eigenvalue weighted by molar-refractivity contribution is 0.295. The smallest absolute Gasteiger partial charge is 0.168 e. The zero-order chi connectivity index (χ0) is 15.4. The van der Waals surface area contributed by atoms with Gasteiger partial charge in [-0.25, -0.2) is 9.97 Å². The average molecular weight is 350 g/mol. The minimum Gasteiger partial charge on any atom is -0.486 e. The minimum atomic E-state index is 0.362. The van der Waals surface area contributed by atoms with Crippen molar-refractivity contribution in [2.24, 2.45) is 0 Å². The Balaban J connectivity index is 2.12. The molecule has 0 fully saturated rings. The molecule has 0 aliphatic heterocycles. The summed E-state index contributed by atoms with van der Waals surface area (Å²) < 4.78 is 6.94. The van der Waals surface area contributed by atoms with Crippen LogP contribution in [0.4, 0.5) is 5.82 Å². The summed E-state index contributed by atoms with van der Waals surface area (Å²) in [6.07, 6.45) is 0. The van der Waals surface area contributed by atoms with E-state index in [0.29, 0.717) is 12.4 Å². The SMILES string of the molecule is CCNc1cc(C)nc(COc2cc(C)c(Br)c(C)c2)n1. The summed E-state index contributed by atoms with van der Waals surface area (Å²) >= 11 is 3.56. The van der Waals surface area contributed by atoms with Gasteiger partial charge in [0.15, 0.2) is 5.82 Å². The molecule has 0 saturated carbocycles. The number of aryl methyl sites for hydroxylation is 3. The van der Waals surface area contributed by atoms with E-state index in [9.17, 15) is 0 Å². The molecule has 0 amide bonds. The van der Waals surface area contributed by atoms with E-state index in [2.05, 4.69) is 45.1 Å². The van der Waals surface area contributed by atoms with Crippen LogP contribution in [0, 0.1) is 20.8 Å². The standard InChI is InChI=1S/C16H20BrN3O/c1-5-18-14-8-12(4)19-15(20-14)9-21-13-6-10(2)16(17)11(3)7-13/h6-8H,5,9H2,1-4H3,(H,18,19,20). The van der Waals surface area contributed by atoms with Gasteiger partial charge in [0.1, 0.15) is 18.2 Å². The monoisotopic (exact) mass is 349 g/mol. The van der Waals surface area contributed by atoms with Crippen molar-refractivity contribution in [1.29, 1.82) is 0 Å². The molecule has 5 heteroatoms. The Labute approximate surface area is 134 Å². The Morgan fingerprint density at radius 2 is 1.76 bits per heavy atom. The summed E-state index contributed by atoms with van der Waals surface area (Å²) in [5, 5.41) is 3.20. The Morgan fingerprint density at radius 3 is 2.38 bits per heavy atom. The summed E-state index contributed by atoms with van der Waals surface area (Å²) in [7, 11) is 0. The number of hydrogen-bond acceptors (Lipinski definition) is 4. The van der Waals surface area contributed by atoms with Gasteiger partial charge in [-0.15, -0.1) is 0 Å².